The van der Waals surface area contributed by atoms with Gasteiger partial charge in [-0.3, -0.25) is 0 Å². The largest absolute Gasteiger partial charge is 0.180 e. The molecule has 0 nitrogen and oxygen atoms in total. The Balaban J connectivity index is 0.000000344. The number of halogens is 6. The molecule has 0 saturated heterocycles. The third-order valence-electron chi connectivity index (χ3n) is 4.40. The molecule has 0 aromatic heterocycles. The van der Waals surface area contributed by atoms with E-state index in [1.165, 1.54) is 34.3 Å². The zero-order chi connectivity index (χ0) is 24.5. The third-order valence-corrected chi connectivity index (χ3v) is 9.16. The van der Waals surface area contributed by atoms with E-state index in [4.69, 9.17) is 0 Å². The molecule has 0 aliphatic carbocycles. The van der Waals surface area contributed by atoms with Crippen LogP contribution in [0.2, 0.25) is 0 Å². The Morgan fingerprint density at radius 1 is 0.529 bits per heavy atom. The van der Waals surface area contributed by atoms with Crippen LogP contribution in [0.3, 0.4) is 0 Å². The summed E-state index contributed by atoms with van der Waals surface area (Å²) in [5.74, 6) is 0. The second-order valence-electron chi connectivity index (χ2n) is 7.15. The smallest absolute Gasteiger partial charge is 0.0901 e. The summed E-state index contributed by atoms with van der Waals surface area (Å²) < 4.78 is 59.2. The number of benzene rings is 4. The summed E-state index contributed by atoms with van der Waals surface area (Å²) >= 11 is 3.70. The summed E-state index contributed by atoms with van der Waals surface area (Å²) in [4.78, 5) is 9.56. The standard InChI is InChI=1S/C24H17S3.F6P/c1-2-8-18(9-3-1)25-19-14-16-20(17-15-19)27-23-12-6-4-10-21(23)26-22-11-5-7-13-24(22)27;1-7(2,3,4,5)6/h1-17H;/q+1;-1. The van der Waals surface area contributed by atoms with Gasteiger partial charge < -0.3 is 0 Å². The van der Waals surface area contributed by atoms with Crippen LogP contribution >= 0.6 is 31.3 Å². The molecule has 10 heteroatoms. The maximum absolute atomic E-state index is 10.7. The summed E-state index contributed by atoms with van der Waals surface area (Å²) in [6, 6.07) is 37.3. The van der Waals surface area contributed by atoms with Crippen LogP contribution < -0.4 is 0 Å². The van der Waals surface area contributed by atoms with E-state index in [0.717, 1.165) is 0 Å². The molecular weight excluding hydrogens is 529 g/mol. The summed E-state index contributed by atoms with van der Waals surface area (Å²) in [5, 5.41) is 0. The van der Waals surface area contributed by atoms with Crippen molar-refractivity contribution in [2.75, 3.05) is 0 Å². The first-order valence-electron chi connectivity index (χ1n) is 9.83. The van der Waals surface area contributed by atoms with Gasteiger partial charge in [0.2, 0.25) is 0 Å². The molecule has 1 aliphatic heterocycles. The van der Waals surface area contributed by atoms with E-state index in [0.29, 0.717) is 0 Å². The average Bonchev–Trinajstić information content (AvgIpc) is 2.77. The Hall–Kier alpha value is -2.06. The Bertz CT molecular complexity index is 1240. The van der Waals surface area contributed by atoms with E-state index in [2.05, 4.69) is 103 Å². The molecule has 34 heavy (non-hydrogen) atoms. The first-order valence-corrected chi connectivity index (χ1v) is 14.7. The van der Waals surface area contributed by atoms with Crippen molar-refractivity contribution in [1.82, 2.24) is 0 Å². The van der Waals surface area contributed by atoms with Gasteiger partial charge in [-0.05, 0) is 60.7 Å². The van der Waals surface area contributed by atoms with E-state index in [-0.39, 0.29) is 10.9 Å². The van der Waals surface area contributed by atoms with Crippen LogP contribution in [0.25, 0.3) is 0 Å². The van der Waals surface area contributed by atoms with Gasteiger partial charge in [0.1, 0.15) is 10.9 Å². The molecule has 5 rings (SSSR count). The summed E-state index contributed by atoms with van der Waals surface area (Å²) in [6.07, 6.45) is 0. The quantitative estimate of drug-likeness (QED) is 0.125. The molecule has 4 aromatic carbocycles. The fourth-order valence-corrected chi connectivity index (χ4v) is 7.74. The van der Waals surface area contributed by atoms with Crippen molar-refractivity contribution in [2.45, 2.75) is 34.3 Å². The van der Waals surface area contributed by atoms with Crippen LogP contribution in [0.1, 0.15) is 0 Å². The molecule has 0 N–H and O–H groups in total. The molecule has 0 bridgehead atoms. The molecule has 1 heterocycles. The summed E-state index contributed by atoms with van der Waals surface area (Å²) in [5.41, 5.74) is 0. The van der Waals surface area contributed by atoms with Gasteiger partial charge in [0.15, 0.2) is 14.7 Å². The van der Waals surface area contributed by atoms with Crippen LogP contribution in [0.15, 0.2) is 137 Å². The molecule has 0 amide bonds. The minimum Gasteiger partial charge on any atom is -0.0901 e. The minimum absolute atomic E-state index is 0.0427. The topological polar surface area (TPSA) is 0 Å². The molecule has 4 aromatic rings. The monoisotopic (exact) mass is 546 g/mol. The van der Waals surface area contributed by atoms with Crippen molar-refractivity contribution >= 4 is 42.2 Å². The summed E-state index contributed by atoms with van der Waals surface area (Å²) in [7, 11) is -10.7. The average molecular weight is 547 g/mol. The first kappa shape index (κ1) is 25.0. The Labute approximate surface area is 204 Å². The Morgan fingerprint density at radius 2 is 0.941 bits per heavy atom. The SMILES string of the molecule is F[P-](F)(F)(F)(F)F.c1ccc(Sc2ccc([S+]3c4ccccc4Sc4ccccc43)cc2)cc1. The second kappa shape index (κ2) is 8.86. The van der Waals surface area contributed by atoms with Gasteiger partial charge in [0.25, 0.3) is 0 Å². The summed E-state index contributed by atoms with van der Waals surface area (Å²) in [6.45, 7) is 0. The molecular formula is C24H17F6PS3. The molecule has 0 spiro atoms. The van der Waals surface area contributed by atoms with Gasteiger partial charge in [0, 0.05) is 9.79 Å². The van der Waals surface area contributed by atoms with Crippen molar-refractivity contribution in [2.24, 2.45) is 0 Å². The Morgan fingerprint density at radius 3 is 1.44 bits per heavy atom. The normalized spacial score (nSPS) is 15.1. The van der Waals surface area contributed by atoms with Gasteiger partial charge in [-0.25, -0.2) is 0 Å². The van der Waals surface area contributed by atoms with Gasteiger partial charge in [-0.1, -0.05) is 66.0 Å². The van der Waals surface area contributed by atoms with E-state index in [1.807, 2.05) is 23.5 Å². The van der Waals surface area contributed by atoms with Crippen molar-refractivity contribution < 1.29 is 25.2 Å². The maximum Gasteiger partial charge on any atom is 0.180 e. The van der Waals surface area contributed by atoms with Gasteiger partial charge in [0.05, 0.1) is 9.79 Å². The van der Waals surface area contributed by atoms with Crippen molar-refractivity contribution in [3.05, 3.63) is 103 Å². The fraction of sp³-hybridized carbons (Fsp3) is 0. The molecule has 1 aliphatic rings. The van der Waals surface area contributed by atoms with E-state index in [9.17, 15) is 25.2 Å². The molecule has 0 radical (unpaired) electrons. The number of fused-ring (bicyclic) bond motifs is 2. The van der Waals surface area contributed by atoms with Crippen LogP contribution in [0.4, 0.5) is 25.2 Å². The van der Waals surface area contributed by atoms with E-state index >= 15 is 0 Å². The van der Waals surface area contributed by atoms with Crippen molar-refractivity contribution in [3.63, 3.8) is 0 Å². The maximum atomic E-state index is 9.87. The van der Waals surface area contributed by atoms with Gasteiger partial charge in [-0.2, -0.15) is 0 Å². The van der Waals surface area contributed by atoms with Gasteiger partial charge in [-0.15, -0.1) is 0 Å². The number of hydrogen-bond donors (Lipinski definition) is 0. The van der Waals surface area contributed by atoms with E-state index in [1.54, 1.807) is 0 Å². The second-order valence-corrected chi connectivity index (χ2v) is 13.3. The zero-order valence-electron chi connectivity index (χ0n) is 17.3. The fourth-order valence-electron chi connectivity index (χ4n) is 3.17. The number of hydrogen-bond acceptors (Lipinski definition) is 2. The van der Waals surface area contributed by atoms with Crippen molar-refractivity contribution in [1.29, 1.82) is 0 Å². The predicted octanol–water partition coefficient (Wildman–Crippen LogP) is 10.8. The molecule has 178 valence electrons. The van der Waals surface area contributed by atoms with Crippen LogP contribution in [0.5, 0.6) is 0 Å². The van der Waals surface area contributed by atoms with Gasteiger partial charge >= 0.3 is 33.0 Å². The zero-order valence-corrected chi connectivity index (χ0v) is 20.6. The third kappa shape index (κ3) is 7.47. The molecule has 0 atom stereocenters. The molecule has 0 fully saturated rings. The van der Waals surface area contributed by atoms with Crippen molar-refractivity contribution in [3.8, 4) is 0 Å². The first-order chi connectivity index (χ1) is 15.8. The van der Waals surface area contributed by atoms with Crippen LogP contribution in [0, 0.1) is 0 Å². The van der Waals surface area contributed by atoms with E-state index < -0.39 is 7.81 Å². The minimum atomic E-state index is -10.7. The molecule has 0 unspecified atom stereocenters. The molecule has 0 saturated carbocycles. The Kier molecular flexibility index (Phi) is 6.53. The van der Waals surface area contributed by atoms with Crippen LogP contribution in [-0.2, 0) is 10.9 Å². The number of rotatable bonds is 3. The van der Waals surface area contributed by atoms with Crippen LogP contribution in [-0.4, -0.2) is 0 Å². The predicted molar refractivity (Wildman–Crippen MR) is 130 cm³/mol.